The van der Waals surface area contributed by atoms with E-state index < -0.39 is 0 Å². The molecule has 0 saturated carbocycles. The number of aromatic nitrogens is 1. The van der Waals surface area contributed by atoms with E-state index in [9.17, 15) is 4.79 Å². The standard InChI is InChI=1S/C11H11NO2/c1-2-14-11-9-6-4-3-5-8(9)7-10(13)12-11/h3-7H,2H2,1H3,(H,12,13). The first-order chi connectivity index (χ1) is 6.81. The lowest BCUT2D eigenvalue weighted by Crippen LogP contribution is -2.07. The van der Waals surface area contributed by atoms with Crippen molar-refractivity contribution >= 4 is 10.8 Å². The maximum Gasteiger partial charge on any atom is 0.251 e. The Morgan fingerprint density at radius 3 is 2.93 bits per heavy atom. The first-order valence-corrected chi connectivity index (χ1v) is 4.56. The van der Waals surface area contributed by atoms with Crippen LogP contribution in [0.15, 0.2) is 35.1 Å². The van der Waals surface area contributed by atoms with E-state index in [4.69, 9.17) is 4.74 Å². The zero-order chi connectivity index (χ0) is 9.97. The van der Waals surface area contributed by atoms with E-state index >= 15 is 0 Å². The van der Waals surface area contributed by atoms with Gasteiger partial charge in [0.05, 0.1) is 6.61 Å². The third kappa shape index (κ3) is 1.48. The first-order valence-electron chi connectivity index (χ1n) is 4.56. The minimum atomic E-state index is -0.132. The van der Waals surface area contributed by atoms with Gasteiger partial charge in [0.1, 0.15) is 0 Å². The summed E-state index contributed by atoms with van der Waals surface area (Å²) in [5.74, 6) is 0.551. The fourth-order valence-corrected chi connectivity index (χ4v) is 1.44. The van der Waals surface area contributed by atoms with Gasteiger partial charge in [-0.1, -0.05) is 18.2 Å². The lowest BCUT2D eigenvalue weighted by atomic mass is 10.2. The summed E-state index contributed by atoms with van der Waals surface area (Å²) in [4.78, 5) is 13.9. The van der Waals surface area contributed by atoms with Crippen molar-refractivity contribution in [2.24, 2.45) is 0 Å². The van der Waals surface area contributed by atoms with E-state index in [0.29, 0.717) is 12.5 Å². The van der Waals surface area contributed by atoms with E-state index in [-0.39, 0.29) is 5.56 Å². The lowest BCUT2D eigenvalue weighted by Gasteiger charge is -2.05. The quantitative estimate of drug-likeness (QED) is 0.784. The Kier molecular flexibility index (Phi) is 2.23. The van der Waals surface area contributed by atoms with Gasteiger partial charge < -0.3 is 4.74 Å². The van der Waals surface area contributed by atoms with Crippen LogP contribution >= 0.6 is 0 Å². The summed E-state index contributed by atoms with van der Waals surface area (Å²) in [7, 11) is 0. The molecule has 0 aliphatic heterocycles. The molecule has 0 radical (unpaired) electrons. The molecule has 2 rings (SSSR count). The Morgan fingerprint density at radius 2 is 2.14 bits per heavy atom. The van der Waals surface area contributed by atoms with Crippen LogP contribution in [0.4, 0.5) is 0 Å². The molecule has 0 aliphatic rings. The molecule has 72 valence electrons. The summed E-state index contributed by atoms with van der Waals surface area (Å²) in [5, 5.41) is 1.84. The number of pyridine rings is 1. The Balaban J connectivity index is 2.73. The average Bonchev–Trinajstić information content (AvgIpc) is 2.18. The number of rotatable bonds is 2. The maximum absolute atomic E-state index is 11.2. The van der Waals surface area contributed by atoms with Gasteiger partial charge in [-0.3, -0.25) is 9.78 Å². The molecule has 0 aliphatic carbocycles. The number of aromatic amines is 1. The zero-order valence-corrected chi connectivity index (χ0v) is 7.91. The van der Waals surface area contributed by atoms with Crippen molar-refractivity contribution in [2.45, 2.75) is 6.92 Å². The highest BCUT2D eigenvalue weighted by atomic mass is 16.5. The van der Waals surface area contributed by atoms with Crippen molar-refractivity contribution in [3.05, 3.63) is 40.7 Å². The Labute approximate surface area is 81.3 Å². The Hall–Kier alpha value is -1.77. The van der Waals surface area contributed by atoms with Gasteiger partial charge >= 0.3 is 0 Å². The maximum atomic E-state index is 11.2. The minimum Gasteiger partial charge on any atom is -0.479 e. The van der Waals surface area contributed by atoms with Crippen molar-refractivity contribution < 1.29 is 4.74 Å². The van der Waals surface area contributed by atoms with Crippen LogP contribution in [0.1, 0.15) is 6.92 Å². The highest BCUT2D eigenvalue weighted by Gasteiger charge is 2.02. The highest BCUT2D eigenvalue weighted by Crippen LogP contribution is 2.20. The van der Waals surface area contributed by atoms with Crippen LogP contribution in [0.3, 0.4) is 0 Å². The Morgan fingerprint density at radius 1 is 1.36 bits per heavy atom. The highest BCUT2D eigenvalue weighted by molar-refractivity contribution is 5.86. The Bertz CT molecular complexity index is 502. The largest absolute Gasteiger partial charge is 0.479 e. The third-order valence-electron chi connectivity index (χ3n) is 2.02. The molecule has 0 spiro atoms. The summed E-state index contributed by atoms with van der Waals surface area (Å²) >= 11 is 0. The molecule has 0 saturated heterocycles. The van der Waals surface area contributed by atoms with Crippen molar-refractivity contribution in [3.8, 4) is 5.88 Å². The van der Waals surface area contributed by atoms with Crippen molar-refractivity contribution in [3.63, 3.8) is 0 Å². The molecule has 3 heteroatoms. The molecule has 2 aromatic rings. The van der Waals surface area contributed by atoms with Crippen LogP contribution in [0.5, 0.6) is 5.88 Å². The number of nitrogens with one attached hydrogen (secondary N) is 1. The molecule has 14 heavy (non-hydrogen) atoms. The zero-order valence-electron chi connectivity index (χ0n) is 7.91. The number of ether oxygens (including phenoxy) is 1. The van der Waals surface area contributed by atoms with Gasteiger partial charge in [0.25, 0.3) is 5.56 Å². The predicted octanol–water partition coefficient (Wildman–Crippen LogP) is 1.93. The SMILES string of the molecule is CCOc1[nH]c(=O)cc2ccccc12. The summed E-state index contributed by atoms with van der Waals surface area (Å²) in [6.45, 7) is 2.43. The molecule has 0 fully saturated rings. The lowest BCUT2D eigenvalue weighted by molar-refractivity contribution is 0.330. The predicted molar refractivity (Wildman–Crippen MR) is 55.7 cm³/mol. The van der Waals surface area contributed by atoms with Gasteiger partial charge in [-0.15, -0.1) is 0 Å². The van der Waals surface area contributed by atoms with Crippen LogP contribution in [-0.4, -0.2) is 11.6 Å². The number of H-pyrrole nitrogens is 1. The van der Waals surface area contributed by atoms with Crippen LogP contribution in [-0.2, 0) is 0 Å². The molecule has 0 unspecified atom stereocenters. The molecular weight excluding hydrogens is 178 g/mol. The second kappa shape index (κ2) is 3.54. The third-order valence-corrected chi connectivity index (χ3v) is 2.02. The molecule has 0 atom stereocenters. The molecule has 0 bridgehead atoms. The van der Waals surface area contributed by atoms with Gasteiger partial charge in [-0.05, 0) is 18.4 Å². The van der Waals surface area contributed by atoms with Crippen LogP contribution in [0.25, 0.3) is 10.8 Å². The van der Waals surface area contributed by atoms with E-state index in [1.54, 1.807) is 6.07 Å². The monoisotopic (exact) mass is 189 g/mol. The minimum absolute atomic E-state index is 0.132. The van der Waals surface area contributed by atoms with E-state index in [1.807, 2.05) is 31.2 Å². The summed E-state index contributed by atoms with van der Waals surface area (Å²) in [5.41, 5.74) is -0.132. The molecule has 1 aromatic heterocycles. The smallest absolute Gasteiger partial charge is 0.251 e. The van der Waals surface area contributed by atoms with Crippen LogP contribution in [0.2, 0.25) is 0 Å². The fraction of sp³-hybridized carbons (Fsp3) is 0.182. The molecule has 1 heterocycles. The summed E-state index contributed by atoms with van der Waals surface area (Å²) in [6.07, 6.45) is 0. The van der Waals surface area contributed by atoms with Crippen molar-refractivity contribution in [2.75, 3.05) is 6.61 Å². The van der Waals surface area contributed by atoms with Crippen LogP contribution in [0, 0.1) is 0 Å². The summed E-state index contributed by atoms with van der Waals surface area (Å²) < 4.78 is 5.34. The number of hydrogen-bond donors (Lipinski definition) is 1. The van der Waals surface area contributed by atoms with E-state index in [2.05, 4.69) is 4.98 Å². The van der Waals surface area contributed by atoms with Gasteiger partial charge in [-0.2, -0.15) is 0 Å². The van der Waals surface area contributed by atoms with Crippen molar-refractivity contribution in [1.29, 1.82) is 0 Å². The normalized spacial score (nSPS) is 10.4. The molecule has 3 nitrogen and oxygen atoms in total. The summed E-state index contributed by atoms with van der Waals surface area (Å²) in [6, 6.07) is 9.21. The van der Waals surface area contributed by atoms with Gasteiger partial charge in [0.2, 0.25) is 5.88 Å². The van der Waals surface area contributed by atoms with Crippen LogP contribution < -0.4 is 10.3 Å². The average molecular weight is 189 g/mol. The number of fused-ring (bicyclic) bond motifs is 1. The fourth-order valence-electron chi connectivity index (χ4n) is 1.44. The van der Waals surface area contributed by atoms with Gasteiger partial charge in [-0.25, -0.2) is 0 Å². The molecular formula is C11H11NO2. The van der Waals surface area contributed by atoms with Gasteiger partial charge in [0, 0.05) is 11.5 Å². The van der Waals surface area contributed by atoms with Gasteiger partial charge in [0.15, 0.2) is 0 Å². The number of hydrogen-bond acceptors (Lipinski definition) is 2. The molecule has 1 N–H and O–H groups in total. The molecule has 1 aromatic carbocycles. The second-order valence-corrected chi connectivity index (χ2v) is 2.98. The topological polar surface area (TPSA) is 42.1 Å². The van der Waals surface area contributed by atoms with Crippen molar-refractivity contribution in [1.82, 2.24) is 4.98 Å². The number of benzene rings is 1. The van der Waals surface area contributed by atoms with E-state index in [1.165, 1.54) is 0 Å². The first kappa shape index (κ1) is 8.81. The van der Waals surface area contributed by atoms with E-state index in [0.717, 1.165) is 10.8 Å². The molecule has 0 amide bonds. The second-order valence-electron chi connectivity index (χ2n) is 2.98.